The SMILES string of the molecule is C=C(CC[C@@H](C(=O)O)[C@H]1[C@H](O)C[C@H]2[C@@H]3CCC4=CC(=O)CC[C@]4(C)[C@H]3CC[C@]12C)C(C)C. The summed E-state index contributed by atoms with van der Waals surface area (Å²) in [4.78, 5) is 24.5. The van der Waals surface area contributed by atoms with Crippen molar-refractivity contribution in [3.05, 3.63) is 23.8 Å². The second kappa shape index (κ2) is 8.42. The van der Waals surface area contributed by atoms with E-state index in [1.807, 2.05) is 6.08 Å². The maximum atomic E-state index is 12.4. The Labute approximate surface area is 193 Å². The van der Waals surface area contributed by atoms with Crippen LogP contribution in [0.4, 0.5) is 0 Å². The number of aliphatic hydroxyl groups excluding tert-OH is 1. The van der Waals surface area contributed by atoms with Gasteiger partial charge in [-0.2, -0.15) is 0 Å². The first kappa shape index (κ1) is 23.7. The van der Waals surface area contributed by atoms with E-state index < -0.39 is 18.0 Å². The Balaban J connectivity index is 1.59. The van der Waals surface area contributed by atoms with Crippen LogP contribution in [0.1, 0.15) is 85.5 Å². The average molecular weight is 443 g/mol. The van der Waals surface area contributed by atoms with Gasteiger partial charge in [-0.15, -0.1) is 0 Å². The molecule has 4 aliphatic carbocycles. The molecule has 0 aromatic heterocycles. The highest BCUT2D eigenvalue weighted by Gasteiger charge is 2.63. The minimum Gasteiger partial charge on any atom is -0.481 e. The minimum absolute atomic E-state index is 0.0996. The molecule has 0 aromatic carbocycles. The van der Waals surface area contributed by atoms with Crippen LogP contribution in [-0.4, -0.2) is 28.1 Å². The van der Waals surface area contributed by atoms with Gasteiger partial charge in [-0.05, 0) is 91.9 Å². The zero-order valence-electron chi connectivity index (χ0n) is 20.4. The van der Waals surface area contributed by atoms with E-state index in [1.165, 1.54) is 5.57 Å². The van der Waals surface area contributed by atoms with Crippen molar-refractivity contribution in [2.75, 3.05) is 0 Å². The van der Waals surface area contributed by atoms with Gasteiger partial charge in [0, 0.05) is 12.3 Å². The minimum atomic E-state index is -0.763. The lowest BCUT2D eigenvalue weighted by Gasteiger charge is -2.58. The largest absolute Gasteiger partial charge is 0.481 e. The molecule has 0 heterocycles. The Kier molecular flexibility index (Phi) is 6.24. The Morgan fingerprint density at radius 3 is 2.56 bits per heavy atom. The molecule has 2 N–H and O–H groups in total. The molecule has 4 heteroatoms. The summed E-state index contributed by atoms with van der Waals surface area (Å²) in [6, 6.07) is 0. The van der Waals surface area contributed by atoms with Gasteiger partial charge in [0.15, 0.2) is 5.78 Å². The quantitative estimate of drug-likeness (QED) is 0.510. The standard InChI is InChI=1S/C28H42O4/c1-16(2)17(3)6-8-21(26(31)32)25-24(30)15-23-20-9-7-18-14-19(29)10-12-27(18,4)22(20)11-13-28(23,25)5/h14,16,20-25,30H,3,6-13,15H2,1-2,4-5H3,(H,31,32)/t20-,21-,22+,23+,24-,25+,27+,28+/m1/s1. The van der Waals surface area contributed by atoms with Crippen LogP contribution >= 0.6 is 0 Å². The number of fused-ring (bicyclic) bond motifs is 5. The van der Waals surface area contributed by atoms with Crippen LogP contribution in [0.2, 0.25) is 0 Å². The predicted molar refractivity (Wildman–Crippen MR) is 126 cm³/mol. The van der Waals surface area contributed by atoms with Gasteiger partial charge in [0.25, 0.3) is 0 Å². The molecule has 0 bridgehead atoms. The fraction of sp³-hybridized carbons (Fsp3) is 0.786. The number of ketones is 1. The second-order valence-corrected chi connectivity index (χ2v) is 12.1. The van der Waals surface area contributed by atoms with Gasteiger partial charge in [0.1, 0.15) is 0 Å². The average Bonchev–Trinajstić information content (AvgIpc) is 2.99. The molecule has 0 spiro atoms. The molecule has 0 radical (unpaired) electrons. The summed E-state index contributed by atoms with van der Waals surface area (Å²) < 4.78 is 0. The topological polar surface area (TPSA) is 74.6 Å². The number of hydrogen-bond donors (Lipinski definition) is 2. The fourth-order valence-electron chi connectivity index (χ4n) is 8.43. The first-order chi connectivity index (χ1) is 15.0. The van der Waals surface area contributed by atoms with Crippen molar-refractivity contribution in [2.24, 2.45) is 46.3 Å². The highest BCUT2D eigenvalue weighted by atomic mass is 16.4. The molecule has 4 aliphatic rings. The van der Waals surface area contributed by atoms with Gasteiger partial charge < -0.3 is 10.2 Å². The number of rotatable bonds is 6. The third kappa shape index (κ3) is 3.71. The maximum absolute atomic E-state index is 12.4. The zero-order chi connectivity index (χ0) is 23.4. The molecule has 3 fully saturated rings. The van der Waals surface area contributed by atoms with Gasteiger partial charge in [-0.1, -0.05) is 45.4 Å². The van der Waals surface area contributed by atoms with Crippen LogP contribution < -0.4 is 0 Å². The van der Waals surface area contributed by atoms with E-state index in [9.17, 15) is 19.8 Å². The molecule has 32 heavy (non-hydrogen) atoms. The van der Waals surface area contributed by atoms with Crippen molar-refractivity contribution in [2.45, 2.75) is 91.6 Å². The summed E-state index contributed by atoms with van der Waals surface area (Å²) in [5.41, 5.74) is 2.41. The van der Waals surface area contributed by atoms with Gasteiger partial charge in [-0.25, -0.2) is 0 Å². The summed E-state index contributed by atoms with van der Waals surface area (Å²) in [5.74, 6) is 0.586. The van der Waals surface area contributed by atoms with E-state index in [2.05, 4.69) is 34.3 Å². The molecule has 0 saturated heterocycles. The molecular formula is C28H42O4. The van der Waals surface area contributed by atoms with Crippen LogP contribution in [0.15, 0.2) is 23.8 Å². The number of carboxylic acids is 1. The molecule has 0 amide bonds. The summed E-state index contributed by atoms with van der Waals surface area (Å²) in [6.45, 7) is 13.0. The molecule has 0 unspecified atom stereocenters. The molecule has 3 saturated carbocycles. The van der Waals surface area contributed by atoms with Crippen LogP contribution in [-0.2, 0) is 9.59 Å². The van der Waals surface area contributed by atoms with E-state index in [4.69, 9.17) is 0 Å². The summed E-state index contributed by atoms with van der Waals surface area (Å²) >= 11 is 0. The second-order valence-electron chi connectivity index (χ2n) is 12.1. The van der Waals surface area contributed by atoms with Crippen molar-refractivity contribution in [3.8, 4) is 0 Å². The van der Waals surface area contributed by atoms with Gasteiger partial charge >= 0.3 is 5.97 Å². The smallest absolute Gasteiger partial charge is 0.306 e. The molecule has 178 valence electrons. The Morgan fingerprint density at radius 2 is 1.91 bits per heavy atom. The van der Waals surface area contributed by atoms with Gasteiger partial charge in [0.2, 0.25) is 0 Å². The van der Waals surface area contributed by atoms with Gasteiger partial charge in [-0.3, -0.25) is 9.59 Å². The van der Waals surface area contributed by atoms with Crippen molar-refractivity contribution in [1.29, 1.82) is 0 Å². The molecule has 8 atom stereocenters. The normalized spacial score (nSPS) is 42.0. The number of aliphatic hydroxyl groups is 1. The van der Waals surface area contributed by atoms with Crippen molar-refractivity contribution < 1.29 is 19.8 Å². The summed E-state index contributed by atoms with van der Waals surface area (Å²) in [7, 11) is 0. The lowest BCUT2D eigenvalue weighted by Crippen LogP contribution is -2.51. The third-order valence-corrected chi connectivity index (χ3v) is 10.4. The number of allylic oxidation sites excluding steroid dienone is 2. The highest BCUT2D eigenvalue weighted by molar-refractivity contribution is 5.91. The lowest BCUT2D eigenvalue weighted by molar-refractivity contribution is -0.150. The fourth-order valence-corrected chi connectivity index (χ4v) is 8.43. The summed E-state index contributed by atoms with van der Waals surface area (Å²) in [6.07, 6.45) is 9.10. The third-order valence-electron chi connectivity index (χ3n) is 10.4. The van der Waals surface area contributed by atoms with Crippen molar-refractivity contribution in [1.82, 2.24) is 0 Å². The predicted octanol–water partition coefficient (Wildman–Crippen LogP) is 5.80. The first-order valence-electron chi connectivity index (χ1n) is 12.8. The molecule has 0 aromatic rings. The van der Waals surface area contributed by atoms with Crippen LogP contribution in [0.3, 0.4) is 0 Å². The Bertz CT molecular complexity index is 825. The molecule has 4 rings (SSSR count). The van der Waals surface area contributed by atoms with Crippen LogP contribution in [0.5, 0.6) is 0 Å². The van der Waals surface area contributed by atoms with Gasteiger partial charge in [0.05, 0.1) is 12.0 Å². The lowest BCUT2D eigenvalue weighted by atomic mass is 9.46. The Hall–Kier alpha value is -1.42. The summed E-state index contributed by atoms with van der Waals surface area (Å²) in [5, 5.41) is 21.4. The Morgan fingerprint density at radius 1 is 1.19 bits per heavy atom. The number of aliphatic carboxylic acids is 1. The first-order valence-corrected chi connectivity index (χ1v) is 12.8. The maximum Gasteiger partial charge on any atom is 0.306 e. The van der Waals surface area contributed by atoms with E-state index in [0.29, 0.717) is 42.9 Å². The molecule has 0 aliphatic heterocycles. The molecular weight excluding hydrogens is 400 g/mol. The van der Waals surface area contributed by atoms with E-state index in [0.717, 1.165) is 44.1 Å². The number of carboxylic acid groups (broad SMARTS) is 1. The van der Waals surface area contributed by atoms with E-state index in [1.54, 1.807) is 0 Å². The highest BCUT2D eigenvalue weighted by Crippen LogP contribution is 2.67. The number of carbonyl (C=O) groups excluding carboxylic acids is 1. The number of carbonyl (C=O) groups is 2. The molecule has 4 nitrogen and oxygen atoms in total. The number of hydrogen-bond acceptors (Lipinski definition) is 3. The van der Waals surface area contributed by atoms with Crippen LogP contribution in [0, 0.1) is 46.3 Å². The van der Waals surface area contributed by atoms with Crippen LogP contribution in [0.25, 0.3) is 0 Å². The monoisotopic (exact) mass is 442 g/mol. The van der Waals surface area contributed by atoms with E-state index in [-0.39, 0.29) is 22.5 Å². The van der Waals surface area contributed by atoms with E-state index >= 15 is 0 Å². The zero-order valence-corrected chi connectivity index (χ0v) is 20.4. The van der Waals surface area contributed by atoms with Crippen molar-refractivity contribution >= 4 is 11.8 Å². The van der Waals surface area contributed by atoms with Crippen molar-refractivity contribution in [3.63, 3.8) is 0 Å².